The van der Waals surface area contributed by atoms with Crippen molar-refractivity contribution in [1.29, 1.82) is 0 Å². The minimum absolute atomic E-state index is 0.538. The van der Waals surface area contributed by atoms with Crippen LogP contribution < -0.4 is 0 Å². The fourth-order valence-electron chi connectivity index (χ4n) is 1.44. The first kappa shape index (κ1) is 9.24. The first-order chi connectivity index (χ1) is 5.65. The van der Waals surface area contributed by atoms with Gasteiger partial charge >= 0.3 is 0 Å². The summed E-state index contributed by atoms with van der Waals surface area (Å²) in [7, 11) is 0. The molecule has 0 spiro atoms. The highest BCUT2D eigenvalue weighted by molar-refractivity contribution is 5.25. The van der Waals surface area contributed by atoms with E-state index in [4.69, 9.17) is 0 Å². The van der Waals surface area contributed by atoms with Gasteiger partial charge in [-0.1, -0.05) is 26.8 Å². The number of hydrogen-bond acceptors (Lipinski definition) is 1. The largest absolute Gasteiger partial charge is 0.260 e. The van der Waals surface area contributed by atoms with E-state index < -0.39 is 0 Å². The summed E-state index contributed by atoms with van der Waals surface area (Å²) in [6, 6.07) is 2.24. The number of rotatable bonds is 2. The van der Waals surface area contributed by atoms with E-state index in [-0.39, 0.29) is 0 Å². The van der Waals surface area contributed by atoms with E-state index in [0.29, 0.717) is 5.92 Å². The minimum Gasteiger partial charge on any atom is -0.260 e. The van der Waals surface area contributed by atoms with Crippen LogP contribution >= 0.6 is 0 Å². The SMILES string of the molecule is CCc1cnc(C(C)C)c(C)c1. The zero-order valence-electron chi connectivity index (χ0n) is 8.39. The summed E-state index contributed by atoms with van der Waals surface area (Å²) in [5.74, 6) is 0.538. The van der Waals surface area contributed by atoms with Crippen molar-refractivity contribution in [2.45, 2.75) is 40.0 Å². The van der Waals surface area contributed by atoms with Gasteiger partial charge in [0.2, 0.25) is 0 Å². The molecule has 1 heterocycles. The highest BCUT2D eigenvalue weighted by Crippen LogP contribution is 2.16. The molecule has 0 unspecified atom stereocenters. The van der Waals surface area contributed by atoms with Gasteiger partial charge in [0, 0.05) is 11.9 Å². The maximum Gasteiger partial charge on any atom is 0.0458 e. The first-order valence-corrected chi connectivity index (χ1v) is 4.60. The van der Waals surface area contributed by atoms with Crippen molar-refractivity contribution in [2.75, 3.05) is 0 Å². The molecule has 0 amide bonds. The maximum absolute atomic E-state index is 4.45. The highest BCUT2D eigenvalue weighted by atomic mass is 14.7. The number of hydrogen-bond donors (Lipinski definition) is 0. The van der Waals surface area contributed by atoms with E-state index in [1.165, 1.54) is 16.8 Å². The number of aromatic nitrogens is 1. The Morgan fingerprint density at radius 3 is 2.50 bits per heavy atom. The lowest BCUT2D eigenvalue weighted by molar-refractivity contribution is 0.807. The normalized spacial score (nSPS) is 10.8. The molecule has 0 saturated heterocycles. The molecule has 1 rings (SSSR count). The fraction of sp³-hybridized carbons (Fsp3) is 0.545. The Labute approximate surface area is 74.8 Å². The predicted molar refractivity (Wildman–Crippen MR) is 52.4 cm³/mol. The predicted octanol–water partition coefficient (Wildman–Crippen LogP) is 3.08. The topological polar surface area (TPSA) is 12.9 Å². The molecule has 1 aromatic heterocycles. The maximum atomic E-state index is 4.45. The quantitative estimate of drug-likeness (QED) is 0.653. The fourth-order valence-corrected chi connectivity index (χ4v) is 1.44. The van der Waals surface area contributed by atoms with Crippen molar-refractivity contribution >= 4 is 0 Å². The zero-order chi connectivity index (χ0) is 9.14. The molecular weight excluding hydrogens is 146 g/mol. The average Bonchev–Trinajstić information content (AvgIpc) is 2.03. The molecule has 0 fully saturated rings. The molecule has 0 aromatic carbocycles. The lowest BCUT2D eigenvalue weighted by Gasteiger charge is -2.08. The molecule has 0 aliphatic rings. The van der Waals surface area contributed by atoms with Crippen LogP contribution in [0.2, 0.25) is 0 Å². The summed E-state index contributed by atoms with van der Waals surface area (Å²) >= 11 is 0. The second-order valence-electron chi connectivity index (χ2n) is 3.55. The van der Waals surface area contributed by atoms with E-state index in [1.54, 1.807) is 0 Å². The van der Waals surface area contributed by atoms with Crippen molar-refractivity contribution < 1.29 is 0 Å². The molecule has 1 nitrogen and oxygen atoms in total. The van der Waals surface area contributed by atoms with Crippen molar-refractivity contribution in [2.24, 2.45) is 0 Å². The van der Waals surface area contributed by atoms with E-state index in [0.717, 1.165) is 6.42 Å². The van der Waals surface area contributed by atoms with E-state index >= 15 is 0 Å². The molecule has 0 bridgehead atoms. The molecule has 1 aromatic rings. The van der Waals surface area contributed by atoms with Gasteiger partial charge in [0.1, 0.15) is 0 Å². The van der Waals surface area contributed by atoms with Crippen LogP contribution in [0.3, 0.4) is 0 Å². The average molecular weight is 163 g/mol. The Morgan fingerprint density at radius 2 is 2.08 bits per heavy atom. The van der Waals surface area contributed by atoms with Crippen molar-refractivity contribution in [3.05, 3.63) is 29.1 Å². The van der Waals surface area contributed by atoms with E-state index in [2.05, 4.69) is 38.7 Å². The summed E-state index contributed by atoms with van der Waals surface area (Å²) in [4.78, 5) is 4.45. The smallest absolute Gasteiger partial charge is 0.0458 e. The third-order valence-corrected chi connectivity index (χ3v) is 2.13. The van der Waals surface area contributed by atoms with Gasteiger partial charge in [0.15, 0.2) is 0 Å². The van der Waals surface area contributed by atoms with Crippen LogP contribution in [0, 0.1) is 6.92 Å². The van der Waals surface area contributed by atoms with E-state index in [9.17, 15) is 0 Å². The second kappa shape index (κ2) is 3.70. The molecule has 12 heavy (non-hydrogen) atoms. The molecule has 0 N–H and O–H groups in total. The Balaban J connectivity index is 3.03. The number of pyridine rings is 1. The molecule has 66 valence electrons. The molecule has 0 atom stereocenters. The van der Waals surface area contributed by atoms with Gasteiger partial charge in [0.05, 0.1) is 0 Å². The van der Waals surface area contributed by atoms with Crippen LogP contribution in [-0.2, 0) is 6.42 Å². The molecule has 0 saturated carbocycles. The van der Waals surface area contributed by atoms with Crippen LogP contribution in [-0.4, -0.2) is 4.98 Å². The Hall–Kier alpha value is -0.850. The molecule has 0 radical (unpaired) electrons. The van der Waals surface area contributed by atoms with Crippen LogP contribution in [0.1, 0.15) is 43.5 Å². The molecule has 1 heteroatoms. The van der Waals surface area contributed by atoms with Gasteiger partial charge in [0.25, 0.3) is 0 Å². The van der Waals surface area contributed by atoms with Crippen molar-refractivity contribution in [1.82, 2.24) is 4.98 Å². The van der Waals surface area contributed by atoms with Crippen LogP contribution in [0.5, 0.6) is 0 Å². The van der Waals surface area contributed by atoms with Gasteiger partial charge in [-0.2, -0.15) is 0 Å². The third kappa shape index (κ3) is 1.84. The van der Waals surface area contributed by atoms with Gasteiger partial charge in [-0.25, -0.2) is 0 Å². The Bertz CT molecular complexity index is 264. The van der Waals surface area contributed by atoms with E-state index in [1.807, 2.05) is 6.20 Å². The number of nitrogens with zero attached hydrogens (tertiary/aromatic N) is 1. The van der Waals surface area contributed by atoms with Gasteiger partial charge in [-0.15, -0.1) is 0 Å². The number of aryl methyl sites for hydroxylation is 2. The van der Waals surface area contributed by atoms with Crippen LogP contribution in [0.15, 0.2) is 12.3 Å². The minimum atomic E-state index is 0.538. The highest BCUT2D eigenvalue weighted by Gasteiger charge is 2.04. The van der Waals surface area contributed by atoms with Crippen molar-refractivity contribution in [3.63, 3.8) is 0 Å². The monoisotopic (exact) mass is 163 g/mol. The standard InChI is InChI=1S/C11H17N/c1-5-10-6-9(4)11(8(2)3)12-7-10/h6-8H,5H2,1-4H3. The molecule has 0 aliphatic carbocycles. The Morgan fingerprint density at radius 1 is 1.42 bits per heavy atom. The summed E-state index contributed by atoms with van der Waals surface area (Å²) in [5, 5.41) is 0. The summed E-state index contributed by atoms with van der Waals surface area (Å²) in [6.45, 7) is 8.66. The molecule has 0 aliphatic heterocycles. The zero-order valence-corrected chi connectivity index (χ0v) is 8.39. The second-order valence-corrected chi connectivity index (χ2v) is 3.55. The first-order valence-electron chi connectivity index (χ1n) is 4.60. The third-order valence-electron chi connectivity index (χ3n) is 2.13. The Kier molecular flexibility index (Phi) is 2.85. The van der Waals surface area contributed by atoms with Gasteiger partial charge in [-0.3, -0.25) is 4.98 Å². The van der Waals surface area contributed by atoms with Gasteiger partial charge in [-0.05, 0) is 30.4 Å². The van der Waals surface area contributed by atoms with Crippen LogP contribution in [0.4, 0.5) is 0 Å². The summed E-state index contributed by atoms with van der Waals surface area (Å²) < 4.78 is 0. The van der Waals surface area contributed by atoms with Gasteiger partial charge < -0.3 is 0 Å². The summed E-state index contributed by atoms with van der Waals surface area (Å²) in [5.41, 5.74) is 3.88. The molecular formula is C11H17N. The lowest BCUT2D eigenvalue weighted by atomic mass is 10.0. The summed E-state index contributed by atoms with van der Waals surface area (Å²) in [6.07, 6.45) is 3.06. The lowest BCUT2D eigenvalue weighted by Crippen LogP contribution is -1.97. The van der Waals surface area contributed by atoms with Crippen molar-refractivity contribution in [3.8, 4) is 0 Å². The van der Waals surface area contributed by atoms with Crippen LogP contribution in [0.25, 0.3) is 0 Å².